The van der Waals surface area contributed by atoms with Crippen molar-refractivity contribution in [1.82, 2.24) is 19.6 Å². The quantitative estimate of drug-likeness (QED) is 0.676. The van der Waals surface area contributed by atoms with Crippen LogP contribution in [0.15, 0.2) is 22.7 Å². The zero-order valence-electron chi connectivity index (χ0n) is 13.4. The largest absolute Gasteiger partial charge is 0.514 e. The molecule has 0 aromatic carbocycles. The molecular formula is C13H13N5O5S2. The molecule has 0 saturated carbocycles. The van der Waals surface area contributed by atoms with Crippen LogP contribution in [0.2, 0.25) is 0 Å². The molecule has 0 aliphatic carbocycles. The molecule has 25 heavy (non-hydrogen) atoms. The van der Waals surface area contributed by atoms with Gasteiger partial charge in [0.2, 0.25) is 5.06 Å². The number of carbonyl (C=O) groups is 1. The van der Waals surface area contributed by atoms with E-state index in [2.05, 4.69) is 24.5 Å². The van der Waals surface area contributed by atoms with Crippen molar-refractivity contribution in [2.45, 2.75) is 19.0 Å². The standard InChI is InChI=1S/C13H13N5O5S2/c1-7-6-8(2)18-11(14-7)15-12(16-18)25(20,21)17-9-4-5-24-10(9)23-13(19)22-3/h4-6,17H,1-3H3. The third kappa shape index (κ3) is 3.39. The number of carbonyl (C=O) groups excluding carboxylic acids is 1. The van der Waals surface area contributed by atoms with Gasteiger partial charge in [-0.1, -0.05) is 0 Å². The molecule has 12 heteroatoms. The van der Waals surface area contributed by atoms with Crippen LogP contribution in [0, 0.1) is 13.8 Å². The Morgan fingerprint density at radius 3 is 2.80 bits per heavy atom. The monoisotopic (exact) mass is 383 g/mol. The van der Waals surface area contributed by atoms with Gasteiger partial charge in [0, 0.05) is 11.4 Å². The summed E-state index contributed by atoms with van der Waals surface area (Å²) in [5.41, 5.74) is 1.47. The second-order valence-electron chi connectivity index (χ2n) is 4.93. The minimum atomic E-state index is -4.10. The van der Waals surface area contributed by atoms with Gasteiger partial charge in [-0.2, -0.15) is 13.4 Å². The second-order valence-corrected chi connectivity index (χ2v) is 7.38. The van der Waals surface area contributed by atoms with E-state index in [1.165, 1.54) is 10.6 Å². The topological polar surface area (TPSA) is 125 Å². The first-order valence-electron chi connectivity index (χ1n) is 6.87. The third-order valence-corrected chi connectivity index (χ3v) is 4.99. The second kappa shape index (κ2) is 6.29. The zero-order valence-corrected chi connectivity index (χ0v) is 15.0. The molecule has 0 aliphatic rings. The van der Waals surface area contributed by atoms with Crippen molar-refractivity contribution in [3.63, 3.8) is 0 Å². The van der Waals surface area contributed by atoms with Crippen LogP contribution >= 0.6 is 11.3 Å². The number of aryl methyl sites for hydroxylation is 2. The summed E-state index contributed by atoms with van der Waals surface area (Å²) in [5.74, 6) is 0.175. The minimum Gasteiger partial charge on any atom is -0.437 e. The van der Waals surface area contributed by atoms with Crippen LogP contribution in [-0.2, 0) is 14.8 Å². The van der Waals surface area contributed by atoms with E-state index in [1.807, 2.05) is 0 Å². The molecular weight excluding hydrogens is 370 g/mol. The highest BCUT2D eigenvalue weighted by atomic mass is 32.2. The molecule has 3 rings (SSSR count). The molecule has 0 bridgehead atoms. The fourth-order valence-electron chi connectivity index (χ4n) is 2.02. The van der Waals surface area contributed by atoms with Gasteiger partial charge in [-0.25, -0.2) is 14.3 Å². The molecule has 0 unspecified atom stereocenters. The highest BCUT2D eigenvalue weighted by Crippen LogP contribution is 2.33. The lowest BCUT2D eigenvalue weighted by atomic mass is 10.4. The highest BCUT2D eigenvalue weighted by molar-refractivity contribution is 7.92. The summed E-state index contributed by atoms with van der Waals surface area (Å²) in [7, 11) is -2.95. The van der Waals surface area contributed by atoms with E-state index in [-0.39, 0.29) is 16.5 Å². The Bertz CT molecular complexity index is 1060. The Hall–Kier alpha value is -2.73. The van der Waals surface area contributed by atoms with E-state index >= 15 is 0 Å². The van der Waals surface area contributed by atoms with Crippen molar-refractivity contribution in [3.8, 4) is 5.06 Å². The lowest BCUT2D eigenvalue weighted by Crippen LogP contribution is -2.16. The number of nitrogens with one attached hydrogen (secondary N) is 1. The van der Waals surface area contributed by atoms with Crippen molar-refractivity contribution in [1.29, 1.82) is 0 Å². The maximum atomic E-state index is 12.5. The molecule has 0 aliphatic heterocycles. The molecule has 3 heterocycles. The molecule has 0 atom stereocenters. The van der Waals surface area contributed by atoms with Crippen LogP contribution in [-0.4, -0.2) is 41.3 Å². The fourth-order valence-corrected chi connectivity index (χ4v) is 3.71. The van der Waals surface area contributed by atoms with Crippen molar-refractivity contribution in [2.75, 3.05) is 11.8 Å². The SMILES string of the molecule is COC(=O)Oc1sccc1NS(=O)(=O)c1nc2nc(C)cc(C)n2n1. The lowest BCUT2D eigenvalue weighted by molar-refractivity contribution is 0.123. The molecule has 0 fully saturated rings. The van der Waals surface area contributed by atoms with E-state index < -0.39 is 21.3 Å². The number of methoxy groups -OCH3 is 1. The number of thiophene rings is 1. The highest BCUT2D eigenvalue weighted by Gasteiger charge is 2.24. The van der Waals surface area contributed by atoms with Crippen LogP contribution in [0.4, 0.5) is 10.5 Å². The van der Waals surface area contributed by atoms with Gasteiger partial charge >= 0.3 is 6.16 Å². The van der Waals surface area contributed by atoms with Gasteiger partial charge in [0.1, 0.15) is 5.69 Å². The normalized spacial score (nSPS) is 11.5. The summed E-state index contributed by atoms with van der Waals surface area (Å²) in [6.07, 6.45) is -0.955. The van der Waals surface area contributed by atoms with Gasteiger partial charge in [0.05, 0.1) is 7.11 Å². The average Bonchev–Trinajstić information content (AvgIpc) is 3.14. The number of hydrogen-bond donors (Lipinski definition) is 1. The summed E-state index contributed by atoms with van der Waals surface area (Å²) in [4.78, 5) is 19.3. The van der Waals surface area contributed by atoms with Gasteiger partial charge in [0.25, 0.3) is 21.0 Å². The fraction of sp³-hybridized carbons (Fsp3) is 0.231. The Morgan fingerprint density at radius 2 is 2.08 bits per heavy atom. The molecule has 1 N–H and O–H groups in total. The van der Waals surface area contributed by atoms with Crippen molar-refractivity contribution >= 4 is 39.0 Å². The first-order valence-corrected chi connectivity index (χ1v) is 9.23. The Labute approximate surface area is 146 Å². The first kappa shape index (κ1) is 17.1. The summed E-state index contributed by atoms with van der Waals surface area (Å²) in [6.45, 7) is 3.54. The molecule has 0 saturated heterocycles. The maximum Gasteiger partial charge on any atom is 0.514 e. The van der Waals surface area contributed by atoms with Crippen molar-refractivity contribution in [2.24, 2.45) is 0 Å². The first-order chi connectivity index (χ1) is 11.8. The smallest absolute Gasteiger partial charge is 0.437 e. The van der Waals surface area contributed by atoms with Crippen LogP contribution in [0.3, 0.4) is 0 Å². The van der Waals surface area contributed by atoms with E-state index in [9.17, 15) is 13.2 Å². The number of rotatable bonds is 4. The van der Waals surface area contributed by atoms with Crippen molar-refractivity contribution in [3.05, 3.63) is 28.9 Å². The molecule has 3 aromatic rings. The maximum absolute atomic E-state index is 12.5. The summed E-state index contributed by atoms with van der Waals surface area (Å²) < 4.78 is 38.0. The Morgan fingerprint density at radius 1 is 1.32 bits per heavy atom. The number of anilines is 1. The van der Waals surface area contributed by atoms with Gasteiger partial charge in [-0.3, -0.25) is 4.72 Å². The number of hydrogen-bond acceptors (Lipinski definition) is 9. The molecule has 0 amide bonds. The zero-order chi connectivity index (χ0) is 18.2. The number of nitrogens with zero attached hydrogens (tertiary/aromatic N) is 4. The van der Waals surface area contributed by atoms with E-state index in [0.29, 0.717) is 11.4 Å². The number of fused-ring (bicyclic) bond motifs is 1. The lowest BCUT2D eigenvalue weighted by Gasteiger charge is -2.05. The molecule has 10 nitrogen and oxygen atoms in total. The van der Waals surface area contributed by atoms with E-state index in [0.717, 1.165) is 18.4 Å². The van der Waals surface area contributed by atoms with Gasteiger partial charge in [-0.05, 0) is 31.4 Å². The van der Waals surface area contributed by atoms with E-state index in [4.69, 9.17) is 4.74 Å². The van der Waals surface area contributed by atoms with Gasteiger partial charge in [0.15, 0.2) is 0 Å². The predicted molar refractivity (Wildman–Crippen MR) is 88.4 cm³/mol. The molecule has 0 radical (unpaired) electrons. The van der Waals surface area contributed by atoms with Crippen molar-refractivity contribution < 1.29 is 22.7 Å². The number of sulfonamides is 1. The number of ether oxygens (including phenoxy) is 2. The number of aromatic nitrogens is 4. The average molecular weight is 383 g/mol. The summed E-state index contributed by atoms with van der Waals surface area (Å²) in [6, 6.07) is 3.20. The summed E-state index contributed by atoms with van der Waals surface area (Å²) >= 11 is 1.03. The van der Waals surface area contributed by atoms with Gasteiger partial charge < -0.3 is 9.47 Å². The van der Waals surface area contributed by atoms with Gasteiger partial charge in [-0.15, -0.1) is 16.4 Å². The molecule has 0 spiro atoms. The predicted octanol–water partition coefficient (Wildman–Crippen LogP) is 1.75. The molecule has 3 aromatic heterocycles. The van der Waals surface area contributed by atoms with Crippen LogP contribution in [0.5, 0.6) is 5.06 Å². The molecule has 132 valence electrons. The van der Waals surface area contributed by atoms with Crippen LogP contribution < -0.4 is 9.46 Å². The minimum absolute atomic E-state index is 0.0457. The van der Waals surface area contributed by atoms with Crippen LogP contribution in [0.25, 0.3) is 5.78 Å². The van der Waals surface area contributed by atoms with Crippen LogP contribution in [0.1, 0.15) is 11.4 Å². The Kier molecular flexibility index (Phi) is 4.30. The Balaban J connectivity index is 1.94. The summed E-state index contributed by atoms with van der Waals surface area (Å²) in [5, 5.41) is 5.14. The van der Waals surface area contributed by atoms with E-state index in [1.54, 1.807) is 25.3 Å². The third-order valence-electron chi connectivity index (χ3n) is 3.06.